The maximum absolute atomic E-state index is 1.64. The maximum atomic E-state index is 1.64. The molecule has 1 rings (SSSR count). The van der Waals surface area contributed by atoms with Crippen LogP contribution in [0.25, 0.3) is 0 Å². The quantitative estimate of drug-likeness (QED) is 0.417. The average molecular weight is 107 g/mol. The van der Waals surface area contributed by atoms with Gasteiger partial charge >= 0.3 is 28.8 Å². The van der Waals surface area contributed by atoms with Gasteiger partial charge in [-0.3, -0.25) is 0 Å². The average Bonchev–Trinajstić information content (AvgIpc) is 0.722. The van der Waals surface area contributed by atoms with E-state index in [0.717, 1.165) is 0 Å². The van der Waals surface area contributed by atoms with Crippen molar-refractivity contribution < 1.29 is 0 Å². The second-order valence-electron chi connectivity index (χ2n) is 0.514. The molecule has 3 heteroatoms. The molecular formula is CH2P3+. The number of rotatable bonds is 0. The predicted molar refractivity (Wildman–Crippen MR) is 25.6 cm³/mol. The van der Waals surface area contributed by atoms with Crippen LogP contribution < -0.4 is 0 Å². The Morgan fingerprint density at radius 1 is 1.50 bits per heavy atom. The minimum atomic E-state index is 1.43. The molecule has 0 nitrogen and oxygen atoms in total. The van der Waals surface area contributed by atoms with Crippen molar-refractivity contribution >= 4 is 22.9 Å². The summed E-state index contributed by atoms with van der Waals surface area (Å²) in [6, 6.07) is 0. The van der Waals surface area contributed by atoms with E-state index in [9.17, 15) is 0 Å². The monoisotopic (exact) mass is 107 g/mol. The third kappa shape index (κ3) is 0.494. The third-order valence-electron chi connectivity index (χ3n) is 0.253. The first-order valence-electron chi connectivity index (χ1n) is 1.03. The van der Waals surface area contributed by atoms with E-state index in [2.05, 4.69) is 0 Å². The molecule has 1 aliphatic rings. The second kappa shape index (κ2) is 1.46. The topological polar surface area (TPSA) is 0 Å². The molecule has 0 fully saturated rings. The molecule has 0 N–H and O–H groups in total. The van der Waals surface area contributed by atoms with Crippen LogP contribution in [0.5, 0.6) is 0 Å². The summed E-state index contributed by atoms with van der Waals surface area (Å²) >= 11 is 0. The van der Waals surface area contributed by atoms with Gasteiger partial charge in [0.1, 0.15) is 0 Å². The van der Waals surface area contributed by atoms with Gasteiger partial charge in [-0.1, -0.05) is 0 Å². The molecule has 0 aromatic heterocycles. The molecule has 0 aromatic carbocycles. The summed E-state index contributed by atoms with van der Waals surface area (Å²) in [6.45, 7) is 0. The minimum absolute atomic E-state index is 1.43. The third-order valence-corrected chi connectivity index (χ3v) is 6.83. The van der Waals surface area contributed by atoms with E-state index in [-0.39, 0.29) is 0 Å². The van der Waals surface area contributed by atoms with Crippen molar-refractivity contribution in [3.05, 3.63) is 0 Å². The van der Waals surface area contributed by atoms with Gasteiger partial charge in [0.05, 0.1) is 0 Å². The first kappa shape index (κ1) is 3.23. The molecule has 20 valence electrons. The molecule has 0 aromatic rings. The Balaban J connectivity index is 2.95. The van der Waals surface area contributed by atoms with Crippen molar-refractivity contribution in [1.29, 1.82) is 0 Å². The van der Waals surface area contributed by atoms with Gasteiger partial charge in [-0.25, -0.2) is 0 Å². The fourth-order valence-corrected chi connectivity index (χ4v) is 1.71. The summed E-state index contributed by atoms with van der Waals surface area (Å²) in [6.07, 6.45) is 0. The van der Waals surface area contributed by atoms with Gasteiger partial charge in [0, 0.05) is 0 Å². The number of hydrogen-bond donors (Lipinski definition) is 0. The summed E-state index contributed by atoms with van der Waals surface area (Å²) < 4.78 is 0. The van der Waals surface area contributed by atoms with E-state index in [1.807, 2.05) is 0 Å². The van der Waals surface area contributed by atoms with Crippen LogP contribution in [-0.4, -0.2) is 5.90 Å². The summed E-state index contributed by atoms with van der Waals surface area (Å²) in [7, 11) is 4.90. The molecule has 0 bridgehead atoms. The van der Waals surface area contributed by atoms with E-state index < -0.39 is 0 Å². The SMILES string of the molecule is C1P=[P+]=P1. The fraction of sp³-hybridized carbons (Fsp3) is 1.00. The van der Waals surface area contributed by atoms with Crippen LogP contribution in [0.4, 0.5) is 0 Å². The standard InChI is InChI=1S/CH2P3/c1-2-4-3-1/h1H2/q+1. The summed E-state index contributed by atoms with van der Waals surface area (Å²) in [4.78, 5) is 0. The predicted octanol–water partition coefficient (Wildman–Crippen LogP) is 2.63. The Kier molecular flexibility index (Phi) is 1.18. The van der Waals surface area contributed by atoms with Crippen molar-refractivity contribution in [3.63, 3.8) is 0 Å². The first-order valence-corrected chi connectivity index (χ1v) is 5.50. The Morgan fingerprint density at radius 2 is 1.75 bits per heavy atom. The zero-order valence-corrected chi connectivity index (χ0v) is 4.73. The molecule has 0 unspecified atom stereocenters. The van der Waals surface area contributed by atoms with E-state index in [0.29, 0.717) is 0 Å². The van der Waals surface area contributed by atoms with E-state index in [4.69, 9.17) is 0 Å². The van der Waals surface area contributed by atoms with Crippen LogP contribution >= 0.6 is 22.9 Å². The van der Waals surface area contributed by atoms with Crippen molar-refractivity contribution in [3.8, 4) is 0 Å². The molecule has 0 aliphatic carbocycles. The Bertz CT molecular complexity index is 61.4. The van der Waals surface area contributed by atoms with Crippen molar-refractivity contribution in [1.82, 2.24) is 0 Å². The van der Waals surface area contributed by atoms with E-state index >= 15 is 0 Å². The van der Waals surface area contributed by atoms with Crippen LogP contribution in [0.2, 0.25) is 0 Å². The van der Waals surface area contributed by atoms with Gasteiger partial charge in [0.2, 0.25) is 0 Å². The summed E-state index contributed by atoms with van der Waals surface area (Å²) in [5, 5.41) is 0. The van der Waals surface area contributed by atoms with Gasteiger partial charge in [-0.15, -0.1) is 0 Å². The van der Waals surface area contributed by atoms with Gasteiger partial charge in [0.25, 0.3) is 0 Å². The van der Waals surface area contributed by atoms with Crippen LogP contribution in [0.1, 0.15) is 0 Å². The van der Waals surface area contributed by atoms with Crippen LogP contribution in [-0.2, 0) is 0 Å². The molecule has 0 amide bonds. The van der Waals surface area contributed by atoms with E-state index in [1.165, 1.54) is 5.90 Å². The van der Waals surface area contributed by atoms with Gasteiger partial charge in [0.15, 0.2) is 0 Å². The molecular weight excluding hydrogens is 105 g/mol. The molecule has 0 spiro atoms. The van der Waals surface area contributed by atoms with Crippen molar-refractivity contribution in [2.24, 2.45) is 0 Å². The van der Waals surface area contributed by atoms with Gasteiger partial charge < -0.3 is 0 Å². The fourth-order valence-electron chi connectivity index (χ4n) is 0.0632. The molecule has 0 saturated carbocycles. The second-order valence-corrected chi connectivity index (χ2v) is 6.23. The molecule has 1 aliphatic heterocycles. The molecule has 0 saturated heterocycles. The summed E-state index contributed by atoms with van der Waals surface area (Å²) in [5.74, 6) is 1.43. The van der Waals surface area contributed by atoms with Gasteiger partial charge in [-0.2, -0.15) is 0 Å². The van der Waals surface area contributed by atoms with Gasteiger partial charge in [-0.05, 0) is 0 Å². The summed E-state index contributed by atoms with van der Waals surface area (Å²) in [5.41, 5.74) is 0. The van der Waals surface area contributed by atoms with Crippen molar-refractivity contribution in [2.75, 3.05) is 5.90 Å². The Labute approximate surface area is 29.7 Å². The van der Waals surface area contributed by atoms with Crippen LogP contribution in [0, 0.1) is 0 Å². The van der Waals surface area contributed by atoms with Crippen LogP contribution in [0.3, 0.4) is 0 Å². The zero-order valence-electron chi connectivity index (χ0n) is 2.05. The van der Waals surface area contributed by atoms with Crippen LogP contribution in [0.15, 0.2) is 0 Å². The molecule has 4 heavy (non-hydrogen) atoms. The Morgan fingerprint density at radius 3 is 1.75 bits per heavy atom. The molecule has 1 heterocycles. The van der Waals surface area contributed by atoms with E-state index in [1.54, 1.807) is 22.9 Å². The number of hydrogen-bond acceptors (Lipinski definition) is 0. The first-order chi connectivity index (χ1) is 2.00. The Hall–Kier alpha value is 1.03. The van der Waals surface area contributed by atoms with Crippen molar-refractivity contribution in [2.45, 2.75) is 0 Å². The normalized spacial score (nSPS) is 26.0. The molecule has 0 radical (unpaired) electrons. The molecule has 0 atom stereocenters. The zero-order chi connectivity index (χ0) is 2.83.